The number of para-hydroxylation sites is 1. The van der Waals surface area contributed by atoms with Crippen molar-refractivity contribution in [1.82, 2.24) is 4.31 Å². The zero-order valence-corrected chi connectivity index (χ0v) is 17.1. The zero-order valence-electron chi connectivity index (χ0n) is 14.7. The molecule has 0 unspecified atom stereocenters. The number of amides is 1. The number of halogens is 1. The van der Waals surface area contributed by atoms with Crippen molar-refractivity contribution in [1.29, 1.82) is 0 Å². The summed E-state index contributed by atoms with van der Waals surface area (Å²) in [4.78, 5) is 12.7. The van der Waals surface area contributed by atoms with E-state index in [1.54, 1.807) is 36.4 Å². The Kier molecular flexibility index (Phi) is 6.31. The van der Waals surface area contributed by atoms with Crippen molar-refractivity contribution >= 4 is 38.2 Å². The largest absolute Gasteiger partial charge is 0.496 e. The monoisotopic (exact) mass is 426 g/mol. The number of carbonyl (C=O) groups excluding carboxylic acids is 1. The Labute approximate surface area is 166 Å². The molecule has 27 heavy (non-hydrogen) atoms. The molecule has 0 saturated carbocycles. The molecule has 1 amide bonds. The molecule has 2 aromatic rings. The van der Waals surface area contributed by atoms with Gasteiger partial charge < -0.3 is 4.74 Å². The molecule has 6 nitrogen and oxygen atoms in total. The predicted octanol–water partition coefficient (Wildman–Crippen LogP) is 3.00. The van der Waals surface area contributed by atoms with Crippen molar-refractivity contribution < 1.29 is 17.9 Å². The fourth-order valence-electron chi connectivity index (χ4n) is 2.70. The van der Waals surface area contributed by atoms with E-state index >= 15 is 0 Å². The Bertz CT molecular complexity index is 965. The molecule has 0 aliphatic carbocycles. The topological polar surface area (TPSA) is 76.0 Å². The summed E-state index contributed by atoms with van der Waals surface area (Å²) in [5.41, 5.74) is 0.420. The third-order valence-corrected chi connectivity index (χ3v) is 8.05. The van der Waals surface area contributed by atoms with Crippen LogP contribution in [0.5, 0.6) is 5.75 Å². The Morgan fingerprint density at radius 1 is 1.11 bits per heavy atom. The van der Waals surface area contributed by atoms with Crippen LogP contribution >= 0.6 is 11.6 Å². The van der Waals surface area contributed by atoms with Crippen LogP contribution in [-0.2, 0) is 20.7 Å². The Balaban J connectivity index is 1.70. The van der Waals surface area contributed by atoms with Crippen LogP contribution in [0.25, 0.3) is 0 Å². The summed E-state index contributed by atoms with van der Waals surface area (Å²) in [5.74, 6) is 1.20. The average Bonchev–Trinajstić information content (AvgIpc) is 2.68. The Hall–Kier alpha value is -1.74. The van der Waals surface area contributed by atoms with E-state index in [9.17, 15) is 13.2 Å². The molecule has 0 N–H and O–H groups in total. The fourth-order valence-corrected chi connectivity index (χ4v) is 6.08. The lowest BCUT2D eigenvalue weighted by atomic mass is 10.2. The molecular formula is C18H19ClN2O4S2. The van der Waals surface area contributed by atoms with Gasteiger partial charge in [-0.05, 0) is 36.4 Å². The van der Waals surface area contributed by atoms with Gasteiger partial charge in [0.1, 0.15) is 5.75 Å². The third-order valence-electron chi connectivity index (χ3n) is 4.15. The SMILES string of the molecule is COc1ccccc1C(=O)N=S1CCN(S(=O)(=O)c2ccc(Cl)cc2)CC1. The summed E-state index contributed by atoms with van der Waals surface area (Å²) in [6.07, 6.45) is 0. The maximum atomic E-state index is 12.7. The van der Waals surface area contributed by atoms with E-state index in [-0.39, 0.29) is 10.8 Å². The predicted molar refractivity (Wildman–Crippen MR) is 107 cm³/mol. The van der Waals surface area contributed by atoms with Crippen molar-refractivity contribution in [2.24, 2.45) is 4.36 Å². The molecule has 1 saturated heterocycles. The number of methoxy groups -OCH3 is 1. The van der Waals surface area contributed by atoms with Gasteiger partial charge in [-0.1, -0.05) is 34.4 Å². The van der Waals surface area contributed by atoms with Gasteiger partial charge in [-0.15, -0.1) is 0 Å². The number of carbonyl (C=O) groups is 1. The number of benzene rings is 2. The first-order valence-electron chi connectivity index (χ1n) is 8.24. The van der Waals surface area contributed by atoms with Gasteiger partial charge >= 0.3 is 0 Å². The van der Waals surface area contributed by atoms with E-state index in [0.29, 0.717) is 40.9 Å². The second-order valence-corrected chi connectivity index (χ2v) is 10.1. The lowest BCUT2D eigenvalue weighted by Crippen LogP contribution is -2.41. The number of sulfonamides is 1. The van der Waals surface area contributed by atoms with E-state index in [0.717, 1.165) is 0 Å². The molecule has 0 atom stereocenters. The molecule has 1 aliphatic rings. The van der Waals surface area contributed by atoms with Gasteiger partial charge in [-0.3, -0.25) is 4.79 Å². The van der Waals surface area contributed by atoms with Crippen LogP contribution in [0.15, 0.2) is 57.8 Å². The number of rotatable bonds is 4. The van der Waals surface area contributed by atoms with Crippen LogP contribution in [0.1, 0.15) is 10.4 Å². The second-order valence-electron chi connectivity index (χ2n) is 5.83. The molecule has 144 valence electrons. The summed E-state index contributed by atoms with van der Waals surface area (Å²) >= 11 is 5.83. The molecule has 3 rings (SSSR count). The van der Waals surface area contributed by atoms with Crippen LogP contribution in [0, 0.1) is 0 Å². The second kappa shape index (κ2) is 8.52. The first-order chi connectivity index (χ1) is 12.9. The third kappa shape index (κ3) is 4.57. The van der Waals surface area contributed by atoms with Gasteiger partial charge in [0.15, 0.2) is 0 Å². The van der Waals surface area contributed by atoms with Crippen LogP contribution in [0.2, 0.25) is 5.02 Å². The number of ether oxygens (including phenoxy) is 1. The fraction of sp³-hybridized carbons (Fsp3) is 0.278. The minimum Gasteiger partial charge on any atom is -0.496 e. The highest BCUT2D eigenvalue weighted by Crippen LogP contribution is 2.21. The summed E-state index contributed by atoms with van der Waals surface area (Å²) < 4.78 is 36.3. The van der Waals surface area contributed by atoms with Gasteiger partial charge in [0.05, 0.1) is 17.6 Å². The van der Waals surface area contributed by atoms with Crippen molar-refractivity contribution in [3.05, 3.63) is 59.1 Å². The molecule has 0 radical (unpaired) electrons. The van der Waals surface area contributed by atoms with Gasteiger partial charge in [-0.25, -0.2) is 8.42 Å². The maximum Gasteiger partial charge on any atom is 0.286 e. The summed E-state index contributed by atoms with van der Waals surface area (Å²) in [6.45, 7) is 0.660. The molecule has 9 heteroatoms. The van der Waals surface area contributed by atoms with Crippen LogP contribution in [-0.4, -0.2) is 50.3 Å². The quantitative estimate of drug-likeness (QED) is 0.753. The molecule has 1 fully saturated rings. The molecular weight excluding hydrogens is 408 g/mol. The van der Waals surface area contributed by atoms with E-state index < -0.39 is 20.7 Å². The van der Waals surface area contributed by atoms with E-state index in [1.807, 2.05) is 0 Å². The van der Waals surface area contributed by atoms with Gasteiger partial charge in [0, 0.05) is 29.6 Å². The Morgan fingerprint density at radius 2 is 1.74 bits per heavy atom. The minimum atomic E-state index is -3.56. The van der Waals surface area contributed by atoms with E-state index in [2.05, 4.69) is 4.36 Å². The van der Waals surface area contributed by atoms with Crippen molar-refractivity contribution in [2.45, 2.75) is 4.90 Å². The minimum absolute atomic E-state index is 0.218. The highest BCUT2D eigenvalue weighted by molar-refractivity contribution is 7.90. The van der Waals surface area contributed by atoms with Crippen molar-refractivity contribution in [2.75, 3.05) is 31.7 Å². The van der Waals surface area contributed by atoms with Gasteiger partial charge in [0.25, 0.3) is 5.91 Å². The van der Waals surface area contributed by atoms with Crippen LogP contribution in [0.4, 0.5) is 0 Å². The molecule has 1 aliphatic heterocycles. The highest BCUT2D eigenvalue weighted by atomic mass is 35.5. The highest BCUT2D eigenvalue weighted by Gasteiger charge is 2.27. The molecule has 1 heterocycles. The zero-order chi connectivity index (χ0) is 19.4. The molecule has 0 spiro atoms. The average molecular weight is 427 g/mol. The van der Waals surface area contributed by atoms with Crippen molar-refractivity contribution in [3.63, 3.8) is 0 Å². The smallest absolute Gasteiger partial charge is 0.286 e. The summed E-state index contributed by atoms with van der Waals surface area (Å²) in [6, 6.07) is 13.1. The number of hydrogen-bond acceptors (Lipinski definition) is 4. The van der Waals surface area contributed by atoms with Crippen molar-refractivity contribution in [3.8, 4) is 5.75 Å². The normalized spacial score (nSPS) is 16.1. The van der Waals surface area contributed by atoms with Crippen LogP contribution in [0.3, 0.4) is 0 Å². The number of hydrogen-bond donors (Lipinski definition) is 0. The van der Waals surface area contributed by atoms with E-state index in [1.165, 1.54) is 23.5 Å². The van der Waals surface area contributed by atoms with Gasteiger partial charge in [0.2, 0.25) is 10.0 Å². The standard InChI is InChI=1S/C18H19ClN2O4S2/c1-25-17-5-3-2-4-16(17)18(22)20-26-12-10-21(11-13-26)27(23,24)15-8-6-14(19)7-9-15/h2-9H,10-13H2,1H3. The first-order valence-corrected chi connectivity index (χ1v) is 11.6. The van der Waals surface area contributed by atoms with E-state index in [4.69, 9.17) is 16.3 Å². The summed E-state index contributed by atoms with van der Waals surface area (Å²) in [7, 11) is -2.56. The molecule has 0 aromatic heterocycles. The number of nitrogens with zero attached hydrogens (tertiary/aromatic N) is 2. The Morgan fingerprint density at radius 3 is 2.37 bits per heavy atom. The molecule has 2 aromatic carbocycles. The lowest BCUT2D eigenvalue weighted by molar-refractivity contribution is 0.100. The first kappa shape index (κ1) is 20.0. The van der Waals surface area contributed by atoms with Crippen LogP contribution < -0.4 is 4.74 Å². The van der Waals surface area contributed by atoms with Gasteiger partial charge in [-0.2, -0.15) is 8.67 Å². The maximum absolute atomic E-state index is 12.7. The lowest BCUT2D eigenvalue weighted by Gasteiger charge is -2.27. The summed E-state index contributed by atoms with van der Waals surface area (Å²) in [5, 5.41) is 0.489. The molecule has 0 bridgehead atoms.